The third-order valence-electron chi connectivity index (χ3n) is 3.03. The molecule has 2 aromatic carbocycles. The number of nitrogens with two attached hydrogens (primary N) is 1. The molecule has 0 bridgehead atoms. The molecule has 21 heavy (non-hydrogen) atoms. The van der Waals surface area contributed by atoms with Crippen LogP contribution in [0.25, 0.3) is 0 Å². The van der Waals surface area contributed by atoms with Gasteiger partial charge in [0.1, 0.15) is 5.75 Å². The molecule has 2 N–H and O–H groups in total. The van der Waals surface area contributed by atoms with Crippen LogP contribution in [0.3, 0.4) is 0 Å². The SMILES string of the molecule is CC(C)Oc1cc(N)cc(N(C)Cc2cccc(Cl)c2)c1. The first-order valence-electron chi connectivity index (χ1n) is 6.97. The van der Waals surface area contributed by atoms with E-state index >= 15 is 0 Å². The van der Waals surface area contributed by atoms with Gasteiger partial charge in [-0.15, -0.1) is 0 Å². The zero-order chi connectivity index (χ0) is 15.4. The van der Waals surface area contributed by atoms with Crippen LogP contribution in [-0.4, -0.2) is 13.2 Å². The summed E-state index contributed by atoms with van der Waals surface area (Å²) in [6, 6.07) is 13.6. The van der Waals surface area contributed by atoms with Crippen molar-refractivity contribution in [2.24, 2.45) is 0 Å². The van der Waals surface area contributed by atoms with Crippen molar-refractivity contribution in [1.29, 1.82) is 0 Å². The fraction of sp³-hybridized carbons (Fsp3) is 0.294. The van der Waals surface area contributed by atoms with Crippen LogP contribution in [0.1, 0.15) is 19.4 Å². The summed E-state index contributed by atoms with van der Waals surface area (Å²) in [5.41, 5.74) is 8.83. The molecule has 0 spiro atoms. The lowest BCUT2D eigenvalue weighted by Gasteiger charge is -2.21. The lowest BCUT2D eigenvalue weighted by atomic mass is 10.2. The van der Waals surface area contributed by atoms with Crippen molar-refractivity contribution in [2.75, 3.05) is 17.7 Å². The second-order valence-corrected chi connectivity index (χ2v) is 5.85. The van der Waals surface area contributed by atoms with Crippen molar-refractivity contribution in [3.8, 4) is 5.75 Å². The lowest BCUT2D eigenvalue weighted by Crippen LogP contribution is -2.17. The number of nitrogens with zero attached hydrogens (tertiary/aromatic N) is 1. The normalized spacial score (nSPS) is 10.7. The average Bonchev–Trinajstić information content (AvgIpc) is 2.37. The van der Waals surface area contributed by atoms with Gasteiger partial charge in [0, 0.05) is 42.1 Å². The molecule has 3 nitrogen and oxygen atoms in total. The summed E-state index contributed by atoms with van der Waals surface area (Å²) in [5, 5.41) is 0.748. The van der Waals surface area contributed by atoms with E-state index in [0.29, 0.717) is 5.69 Å². The highest BCUT2D eigenvalue weighted by molar-refractivity contribution is 6.30. The summed E-state index contributed by atoms with van der Waals surface area (Å²) < 4.78 is 5.73. The average molecular weight is 305 g/mol. The van der Waals surface area contributed by atoms with Crippen LogP contribution in [0.5, 0.6) is 5.75 Å². The van der Waals surface area contributed by atoms with Gasteiger partial charge in [0.05, 0.1) is 6.10 Å². The Labute approximate surface area is 131 Å². The molecule has 0 aliphatic carbocycles. The number of nitrogen functional groups attached to an aromatic ring is 1. The maximum Gasteiger partial charge on any atom is 0.123 e. The Kier molecular flexibility index (Phi) is 4.97. The Bertz CT molecular complexity index is 613. The minimum absolute atomic E-state index is 0.123. The van der Waals surface area contributed by atoms with Gasteiger partial charge in [-0.1, -0.05) is 23.7 Å². The zero-order valence-electron chi connectivity index (χ0n) is 12.6. The largest absolute Gasteiger partial charge is 0.491 e. The van der Waals surface area contributed by atoms with Gasteiger partial charge in [0.2, 0.25) is 0 Å². The van der Waals surface area contributed by atoms with E-state index in [1.807, 2.05) is 57.3 Å². The molecule has 0 atom stereocenters. The van der Waals surface area contributed by atoms with E-state index < -0.39 is 0 Å². The molecule has 0 fully saturated rings. The van der Waals surface area contributed by atoms with Crippen molar-refractivity contribution in [2.45, 2.75) is 26.5 Å². The minimum atomic E-state index is 0.123. The minimum Gasteiger partial charge on any atom is -0.491 e. The Morgan fingerprint density at radius 3 is 2.62 bits per heavy atom. The lowest BCUT2D eigenvalue weighted by molar-refractivity contribution is 0.242. The van der Waals surface area contributed by atoms with Gasteiger partial charge in [0.15, 0.2) is 0 Å². The number of hydrogen-bond acceptors (Lipinski definition) is 3. The van der Waals surface area contributed by atoms with Crippen molar-refractivity contribution < 1.29 is 4.74 Å². The van der Waals surface area contributed by atoms with Crippen LogP contribution in [0.4, 0.5) is 11.4 Å². The quantitative estimate of drug-likeness (QED) is 0.835. The molecule has 0 unspecified atom stereocenters. The van der Waals surface area contributed by atoms with Crippen molar-refractivity contribution in [3.05, 3.63) is 53.1 Å². The highest BCUT2D eigenvalue weighted by atomic mass is 35.5. The first kappa shape index (κ1) is 15.5. The maximum atomic E-state index is 6.02. The summed E-state index contributed by atoms with van der Waals surface area (Å²) in [5.74, 6) is 0.790. The van der Waals surface area contributed by atoms with Crippen LogP contribution in [-0.2, 0) is 6.54 Å². The summed E-state index contributed by atoms with van der Waals surface area (Å²) in [6.45, 7) is 4.75. The van der Waals surface area contributed by atoms with Crippen molar-refractivity contribution in [3.63, 3.8) is 0 Å². The Morgan fingerprint density at radius 1 is 1.19 bits per heavy atom. The molecule has 0 saturated heterocycles. The third-order valence-corrected chi connectivity index (χ3v) is 3.27. The van der Waals surface area contributed by atoms with Gasteiger partial charge >= 0.3 is 0 Å². The Morgan fingerprint density at radius 2 is 1.95 bits per heavy atom. The number of anilines is 2. The highest BCUT2D eigenvalue weighted by Crippen LogP contribution is 2.27. The van der Waals surface area contributed by atoms with Crippen LogP contribution in [0, 0.1) is 0 Å². The standard InChI is InChI=1S/C17H21ClN2O/c1-12(2)21-17-9-15(19)8-16(10-17)20(3)11-13-5-4-6-14(18)7-13/h4-10,12H,11,19H2,1-3H3. The first-order valence-corrected chi connectivity index (χ1v) is 7.34. The smallest absolute Gasteiger partial charge is 0.123 e. The van der Waals surface area contributed by atoms with E-state index in [2.05, 4.69) is 11.0 Å². The fourth-order valence-electron chi connectivity index (χ4n) is 2.17. The number of rotatable bonds is 5. The molecule has 0 heterocycles. The van der Waals surface area contributed by atoms with Gasteiger partial charge in [-0.05, 0) is 37.6 Å². The highest BCUT2D eigenvalue weighted by Gasteiger charge is 2.07. The van der Waals surface area contributed by atoms with Crippen LogP contribution in [0.2, 0.25) is 5.02 Å². The third kappa shape index (κ3) is 4.57. The summed E-state index contributed by atoms with van der Waals surface area (Å²) in [7, 11) is 2.02. The van der Waals surface area contributed by atoms with Crippen molar-refractivity contribution >= 4 is 23.0 Å². The van der Waals surface area contributed by atoms with Crippen LogP contribution >= 0.6 is 11.6 Å². The second-order valence-electron chi connectivity index (χ2n) is 5.41. The zero-order valence-corrected chi connectivity index (χ0v) is 13.4. The topological polar surface area (TPSA) is 38.5 Å². The van der Waals surface area contributed by atoms with E-state index in [1.54, 1.807) is 0 Å². The molecule has 2 rings (SSSR count). The molecule has 4 heteroatoms. The summed E-state index contributed by atoms with van der Waals surface area (Å²) in [4.78, 5) is 2.12. The molecule has 0 aliphatic heterocycles. The van der Waals surface area contributed by atoms with E-state index in [9.17, 15) is 0 Å². The monoisotopic (exact) mass is 304 g/mol. The van der Waals surface area contributed by atoms with E-state index in [0.717, 1.165) is 28.6 Å². The van der Waals surface area contributed by atoms with Gasteiger partial charge < -0.3 is 15.4 Å². The molecule has 2 aromatic rings. The van der Waals surface area contributed by atoms with Gasteiger partial charge in [0.25, 0.3) is 0 Å². The predicted octanol–water partition coefficient (Wildman–Crippen LogP) is 4.35. The molecule has 0 radical (unpaired) electrons. The fourth-order valence-corrected chi connectivity index (χ4v) is 2.38. The van der Waals surface area contributed by atoms with Gasteiger partial charge in [-0.25, -0.2) is 0 Å². The maximum absolute atomic E-state index is 6.02. The molecule has 0 amide bonds. The number of halogens is 1. The number of hydrogen-bond donors (Lipinski definition) is 1. The molecular formula is C17H21ClN2O. The first-order chi connectivity index (χ1) is 9.94. The second kappa shape index (κ2) is 6.72. The van der Waals surface area contributed by atoms with Gasteiger partial charge in [-0.2, -0.15) is 0 Å². The summed E-state index contributed by atoms with van der Waals surface area (Å²) in [6.07, 6.45) is 0.123. The van der Waals surface area contributed by atoms with Crippen molar-refractivity contribution in [1.82, 2.24) is 0 Å². The predicted molar refractivity (Wildman–Crippen MR) is 90.2 cm³/mol. The molecule has 0 aliphatic rings. The number of ether oxygens (including phenoxy) is 1. The molecular weight excluding hydrogens is 284 g/mol. The number of benzene rings is 2. The Balaban J connectivity index is 2.18. The van der Waals surface area contributed by atoms with E-state index in [1.165, 1.54) is 0 Å². The summed E-state index contributed by atoms with van der Waals surface area (Å²) >= 11 is 6.02. The molecule has 0 aromatic heterocycles. The van der Waals surface area contributed by atoms with Gasteiger partial charge in [-0.3, -0.25) is 0 Å². The van der Waals surface area contributed by atoms with E-state index in [-0.39, 0.29) is 6.10 Å². The molecule has 112 valence electrons. The molecule has 0 saturated carbocycles. The van der Waals surface area contributed by atoms with Crippen LogP contribution < -0.4 is 15.4 Å². The Hall–Kier alpha value is -1.87. The van der Waals surface area contributed by atoms with Crippen LogP contribution in [0.15, 0.2) is 42.5 Å². The van der Waals surface area contributed by atoms with E-state index in [4.69, 9.17) is 22.1 Å².